The van der Waals surface area contributed by atoms with Crippen molar-refractivity contribution < 1.29 is 4.74 Å². The molecule has 3 fully saturated rings. The van der Waals surface area contributed by atoms with Crippen LogP contribution in [-0.2, 0) is 11.2 Å². The van der Waals surface area contributed by atoms with Crippen LogP contribution in [-0.4, -0.2) is 41.2 Å². The highest BCUT2D eigenvalue weighted by Gasteiger charge is 2.67. The number of aryl methyl sites for hydroxylation is 2. The van der Waals surface area contributed by atoms with Gasteiger partial charge in [0.1, 0.15) is 0 Å². The van der Waals surface area contributed by atoms with Crippen molar-refractivity contribution in [2.45, 2.75) is 102 Å². The molecule has 2 aliphatic heterocycles. The maximum Gasteiger partial charge on any atom is 0.0956 e. The fourth-order valence-electron chi connectivity index (χ4n) is 9.18. The molecule has 2 saturated carbocycles. The van der Waals surface area contributed by atoms with Crippen LogP contribution in [0, 0.1) is 30.1 Å². The SMILES string of the molecule is Cc1cnccc1CC[C@@H](C)[C@H]1CC[C@@H]2[C@]1(C)CCC1=CC3=CC[C@@H](N(C)C)C[C@]34CC[C@@]12O4. The number of pyridine rings is 1. The van der Waals surface area contributed by atoms with E-state index in [1.54, 1.807) is 5.57 Å². The second-order valence-electron chi connectivity index (χ2n) is 12.9. The van der Waals surface area contributed by atoms with Crippen molar-refractivity contribution in [1.29, 1.82) is 0 Å². The van der Waals surface area contributed by atoms with Crippen molar-refractivity contribution >= 4 is 0 Å². The summed E-state index contributed by atoms with van der Waals surface area (Å²) in [4.78, 5) is 6.71. The van der Waals surface area contributed by atoms with Gasteiger partial charge in [-0.1, -0.05) is 26.0 Å². The van der Waals surface area contributed by atoms with Crippen molar-refractivity contribution in [3.63, 3.8) is 0 Å². The van der Waals surface area contributed by atoms with Crippen LogP contribution in [0.15, 0.2) is 41.8 Å². The van der Waals surface area contributed by atoms with Gasteiger partial charge in [0.25, 0.3) is 0 Å². The van der Waals surface area contributed by atoms with Gasteiger partial charge in [0, 0.05) is 18.4 Å². The van der Waals surface area contributed by atoms with Gasteiger partial charge >= 0.3 is 0 Å². The summed E-state index contributed by atoms with van der Waals surface area (Å²) in [5.41, 5.74) is 6.41. The van der Waals surface area contributed by atoms with Crippen LogP contribution in [0.5, 0.6) is 0 Å². The maximum absolute atomic E-state index is 7.44. The Labute approximate surface area is 207 Å². The lowest BCUT2D eigenvalue weighted by Crippen LogP contribution is -2.56. The molecule has 3 nitrogen and oxygen atoms in total. The first-order valence-corrected chi connectivity index (χ1v) is 14.0. The van der Waals surface area contributed by atoms with Gasteiger partial charge in [0.2, 0.25) is 0 Å². The molecule has 2 spiro atoms. The minimum atomic E-state index is -0.0164. The first-order chi connectivity index (χ1) is 16.3. The average Bonchev–Trinajstić information content (AvgIpc) is 3.33. The molecular formula is C31H44N2O. The third-order valence-electron chi connectivity index (χ3n) is 11.2. The van der Waals surface area contributed by atoms with E-state index in [2.05, 4.69) is 63.0 Å². The van der Waals surface area contributed by atoms with E-state index in [0.29, 0.717) is 17.4 Å². The normalized spacial score (nSPS) is 41.4. The Balaban J connectivity index is 1.25. The fraction of sp³-hybridized carbons (Fsp3) is 0.710. The maximum atomic E-state index is 7.44. The number of ether oxygens (including phenoxy) is 1. The van der Waals surface area contributed by atoms with Crippen LogP contribution in [0.1, 0.15) is 82.8 Å². The van der Waals surface area contributed by atoms with E-state index >= 15 is 0 Å². The van der Waals surface area contributed by atoms with E-state index in [9.17, 15) is 0 Å². The van der Waals surface area contributed by atoms with Crippen molar-refractivity contribution in [2.75, 3.05) is 14.1 Å². The van der Waals surface area contributed by atoms with Gasteiger partial charge in [-0.15, -0.1) is 0 Å². The third-order valence-corrected chi connectivity index (χ3v) is 11.2. The number of rotatable bonds is 5. The molecule has 0 radical (unpaired) electrons. The van der Waals surface area contributed by atoms with E-state index in [1.165, 1.54) is 80.9 Å². The molecule has 0 amide bonds. The zero-order chi connectivity index (χ0) is 23.7. The molecule has 3 heteroatoms. The van der Waals surface area contributed by atoms with Crippen molar-refractivity contribution in [3.8, 4) is 0 Å². The molecule has 1 aromatic heterocycles. The number of aromatic nitrogens is 1. The lowest BCUT2D eigenvalue weighted by molar-refractivity contribution is -0.149. The number of nitrogens with zero attached hydrogens (tertiary/aromatic N) is 2. The molecule has 184 valence electrons. The summed E-state index contributed by atoms with van der Waals surface area (Å²) < 4.78 is 7.44. The molecule has 1 aromatic rings. The Morgan fingerprint density at radius 1 is 1.21 bits per heavy atom. The molecule has 34 heavy (non-hydrogen) atoms. The van der Waals surface area contributed by atoms with E-state index in [0.717, 1.165) is 11.8 Å². The molecule has 5 aliphatic rings. The van der Waals surface area contributed by atoms with Crippen LogP contribution in [0.25, 0.3) is 0 Å². The lowest BCUT2D eigenvalue weighted by atomic mass is 9.55. The Kier molecular flexibility index (Phi) is 5.43. The van der Waals surface area contributed by atoms with E-state index in [-0.39, 0.29) is 11.2 Å². The first-order valence-electron chi connectivity index (χ1n) is 14.0. The molecule has 3 heterocycles. The highest BCUT2D eigenvalue weighted by molar-refractivity contribution is 5.47. The summed E-state index contributed by atoms with van der Waals surface area (Å²) in [7, 11) is 4.48. The molecule has 0 unspecified atom stereocenters. The van der Waals surface area contributed by atoms with Gasteiger partial charge < -0.3 is 9.64 Å². The lowest BCUT2D eigenvalue weighted by Gasteiger charge is -2.56. The second kappa shape index (κ2) is 8.03. The minimum absolute atomic E-state index is 0.0164. The molecule has 7 atom stereocenters. The molecule has 0 N–H and O–H groups in total. The molecule has 3 aliphatic carbocycles. The fourth-order valence-corrected chi connectivity index (χ4v) is 9.18. The topological polar surface area (TPSA) is 25.4 Å². The van der Waals surface area contributed by atoms with Crippen LogP contribution < -0.4 is 0 Å². The summed E-state index contributed by atoms with van der Waals surface area (Å²) >= 11 is 0. The summed E-state index contributed by atoms with van der Waals surface area (Å²) in [5.74, 6) is 2.26. The van der Waals surface area contributed by atoms with Crippen LogP contribution in [0.3, 0.4) is 0 Å². The summed E-state index contributed by atoms with van der Waals surface area (Å²) in [6.07, 6.45) is 21.7. The predicted molar refractivity (Wildman–Crippen MR) is 139 cm³/mol. The smallest absolute Gasteiger partial charge is 0.0956 e. The van der Waals surface area contributed by atoms with Gasteiger partial charge in [0.15, 0.2) is 0 Å². The van der Waals surface area contributed by atoms with Gasteiger partial charge in [0.05, 0.1) is 11.2 Å². The quantitative estimate of drug-likeness (QED) is 0.491. The first kappa shape index (κ1) is 23.0. The van der Waals surface area contributed by atoms with Crippen molar-refractivity contribution in [2.24, 2.45) is 23.2 Å². The van der Waals surface area contributed by atoms with E-state index in [1.807, 2.05) is 12.4 Å². The van der Waals surface area contributed by atoms with Crippen LogP contribution in [0.4, 0.5) is 0 Å². The summed E-state index contributed by atoms with van der Waals surface area (Å²) in [6, 6.07) is 2.83. The Morgan fingerprint density at radius 3 is 2.85 bits per heavy atom. The third kappa shape index (κ3) is 3.25. The van der Waals surface area contributed by atoms with E-state index in [4.69, 9.17) is 4.74 Å². The Morgan fingerprint density at radius 2 is 2.06 bits per heavy atom. The Hall–Kier alpha value is -1.45. The Bertz CT molecular complexity index is 1030. The number of hydrogen-bond acceptors (Lipinski definition) is 3. The minimum Gasteiger partial charge on any atom is -0.359 e. The monoisotopic (exact) mass is 460 g/mol. The van der Waals surface area contributed by atoms with Gasteiger partial charge in [-0.05, 0) is 137 Å². The van der Waals surface area contributed by atoms with Crippen LogP contribution >= 0.6 is 0 Å². The van der Waals surface area contributed by atoms with E-state index < -0.39 is 0 Å². The number of fused-ring (bicyclic) bond motifs is 1. The highest BCUT2D eigenvalue weighted by atomic mass is 16.5. The number of hydrogen-bond donors (Lipinski definition) is 0. The molecule has 1 saturated heterocycles. The average molecular weight is 461 g/mol. The molecule has 0 aromatic carbocycles. The van der Waals surface area contributed by atoms with Crippen LogP contribution in [0.2, 0.25) is 0 Å². The zero-order valence-corrected chi connectivity index (χ0v) is 22.1. The second-order valence-corrected chi connectivity index (χ2v) is 12.9. The molecule has 2 bridgehead atoms. The summed E-state index contributed by atoms with van der Waals surface area (Å²) in [5, 5.41) is 0. The molecule has 6 rings (SSSR count). The summed E-state index contributed by atoms with van der Waals surface area (Å²) in [6.45, 7) is 7.40. The standard InChI is InChI=1S/C31H44N2O/c1-21(6-7-23-13-17-32-20-22(23)2)27-10-11-28-29(27,3)14-12-25-18-24-8-9-26(33(4)5)19-30(24)15-16-31(25,28)34-30/h8,13,17-18,20-21,26-28H,6-7,9-12,14-16,19H2,1-5H3/t21-,26-,27-,28-,29-,30-,31-/m1/s1. The van der Waals surface area contributed by atoms with Crippen molar-refractivity contribution in [3.05, 3.63) is 52.9 Å². The zero-order valence-electron chi connectivity index (χ0n) is 22.1. The van der Waals surface area contributed by atoms with Crippen molar-refractivity contribution in [1.82, 2.24) is 9.88 Å². The predicted octanol–water partition coefficient (Wildman–Crippen LogP) is 6.66. The highest BCUT2D eigenvalue weighted by Crippen LogP contribution is 2.69. The van der Waals surface area contributed by atoms with Gasteiger partial charge in [-0.25, -0.2) is 0 Å². The van der Waals surface area contributed by atoms with Gasteiger partial charge in [-0.3, -0.25) is 4.98 Å². The molecular weight excluding hydrogens is 416 g/mol. The van der Waals surface area contributed by atoms with Gasteiger partial charge in [-0.2, -0.15) is 0 Å². The largest absolute Gasteiger partial charge is 0.359 e.